The summed E-state index contributed by atoms with van der Waals surface area (Å²) in [6, 6.07) is 0. The monoisotopic (exact) mass is 122 g/mol. The van der Waals surface area contributed by atoms with Crippen LogP contribution in [0.4, 0.5) is 0 Å². The van der Waals surface area contributed by atoms with Gasteiger partial charge in [0.15, 0.2) is 0 Å². The van der Waals surface area contributed by atoms with Gasteiger partial charge in [0.05, 0.1) is 0 Å². The van der Waals surface area contributed by atoms with Crippen LogP contribution in [0.5, 0.6) is 0 Å². The maximum atomic E-state index is 0. The fourth-order valence-electron chi connectivity index (χ4n) is 0. The number of hydrogen-bond donors (Lipinski definition) is 1. The van der Waals surface area contributed by atoms with E-state index < -0.39 is 0 Å². The molecule has 3 N–H and O–H groups in total. The SMILES string of the molecule is N.[BH4-].[BH4-].[B].[Zn+2]. The predicted molar refractivity (Wildman–Crippen MR) is 33.4 cm³/mol. The van der Waals surface area contributed by atoms with Gasteiger partial charge in [-0.3, -0.25) is 0 Å². The molecule has 5 heteroatoms. The molecule has 0 saturated carbocycles. The van der Waals surface area contributed by atoms with Crippen molar-refractivity contribution in [3.05, 3.63) is 0 Å². The van der Waals surface area contributed by atoms with Gasteiger partial charge in [-0.1, -0.05) is 16.8 Å². The fraction of sp³-hybridized carbons (Fsp3) is 0. The van der Waals surface area contributed by atoms with E-state index in [4.69, 9.17) is 0 Å². The van der Waals surface area contributed by atoms with Crippen LogP contribution in [0.3, 0.4) is 0 Å². The van der Waals surface area contributed by atoms with Gasteiger partial charge in [-0.05, 0) is 0 Å². The molecule has 0 spiro atoms. The minimum absolute atomic E-state index is 0. The topological polar surface area (TPSA) is 35.0 Å². The Balaban J connectivity index is 0. The molecule has 0 aliphatic carbocycles. The van der Waals surface area contributed by atoms with Crippen molar-refractivity contribution in [1.82, 2.24) is 6.15 Å². The Hall–Kier alpha value is 0.778. The van der Waals surface area contributed by atoms with E-state index in [9.17, 15) is 0 Å². The van der Waals surface area contributed by atoms with Crippen LogP contribution in [-0.4, -0.2) is 25.2 Å². The summed E-state index contributed by atoms with van der Waals surface area (Å²) in [5.41, 5.74) is 0. The average Bonchev–Trinajstić information content (AvgIpc) is 0. The zero-order chi connectivity index (χ0) is 0. The third-order valence-corrected chi connectivity index (χ3v) is 0. The van der Waals surface area contributed by atoms with Gasteiger partial charge in [0.2, 0.25) is 0 Å². The Labute approximate surface area is 51.4 Å². The van der Waals surface area contributed by atoms with Crippen LogP contribution >= 0.6 is 0 Å². The van der Waals surface area contributed by atoms with Crippen molar-refractivity contribution >= 4 is 25.2 Å². The van der Waals surface area contributed by atoms with Gasteiger partial charge in [0.1, 0.15) is 0 Å². The van der Waals surface area contributed by atoms with Crippen molar-refractivity contribution in [2.24, 2.45) is 0 Å². The first-order chi connectivity index (χ1) is 0. The van der Waals surface area contributed by atoms with E-state index in [0.717, 1.165) is 0 Å². The quantitative estimate of drug-likeness (QED) is 0.339. The summed E-state index contributed by atoms with van der Waals surface area (Å²) in [7, 11) is 0. The zero-order valence-electron chi connectivity index (χ0n) is 1.99. The first kappa shape index (κ1) is 218. The smallest absolute Gasteiger partial charge is 0.344 e. The molecule has 0 aliphatic rings. The summed E-state index contributed by atoms with van der Waals surface area (Å²) in [6.45, 7) is 0. The molecule has 0 saturated heterocycles. The van der Waals surface area contributed by atoms with E-state index in [1.54, 1.807) is 0 Å². The van der Waals surface area contributed by atoms with Crippen LogP contribution in [0.1, 0.15) is 0 Å². The molecule has 5 heavy (non-hydrogen) atoms. The van der Waals surface area contributed by atoms with E-state index in [0.29, 0.717) is 0 Å². The molecule has 0 amide bonds. The molecule has 0 unspecified atom stereocenters. The van der Waals surface area contributed by atoms with E-state index in [1.807, 2.05) is 0 Å². The summed E-state index contributed by atoms with van der Waals surface area (Å²) in [6.07, 6.45) is 0. The van der Waals surface area contributed by atoms with Gasteiger partial charge < -0.3 is 6.15 Å². The normalized spacial score (nSPS) is 0. The Morgan fingerprint density at radius 2 is 0.800 bits per heavy atom. The molecule has 27 valence electrons. The molecule has 1 nitrogen and oxygen atoms in total. The van der Waals surface area contributed by atoms with Gasteiger partial charge in [-0.2, -0.15) is 0 Å². The second-order valence-corrected chi connectivity index (χ2v) is 0. The maximum absolute atomic E-state index is 0. The molecule has 0 bridgehead atoms. The van der Waals surface area contributed by atoms with Crippen LogP contribution in [0, 0.1) is 0 Å². The molecule has 0 aromatic heterocycles. The van der Waals surface area contributed by atoms with Gasteiger partial charge in [0.25, 0.3) is 0 Å². The molecule has 0 rings (SSSR count). The minimum atomic E-state index is 0. The van der Waals surface area contributed by atoms with E-state index in [2.05, 4.69) is 0 Å². The summed E-state index contributed by atoms with van der Waals surface area (Å²) in [5.74, 6) is 0. The Kier molecular flexibility index (Phi) is 4910. The molecule has 3 radical (unpaired) electrons. The van der Waals surface area contributed by atoms with Gasteiger partial charge in [-0.25, -0.2) is 0 Å². The first-order valence-corrected chi connectivity index (χ1v) is 0. The summed E-state index contributed by atoms with van der Waals surface area (Å²) < 4.78 is 0. The second-order valence-electron chi connectivity index (χ2n) is 0. The second kappa shape index (κ2) is 113. The zero-order valence-corrected chi connectivity index (χ0v) is 4.96. The minimum Gasteiger partial charge on any atom is -0.344 e. The average molecular weight is 123 g/mol. The van der Waals surface area contributed by atoms with Gasteiger partial charge >= 0.3 is 19.5 Å². The number of hydrogen-bond acceptors (Lipinski definition) is 1. The van der Waals surface area contributed by atoms with E-state index >= 15 is 0 Å². The van der Waals surface area contributed by atoms with Gasteiger partial charge in [0, 0.05) is 8.41 Å². The molecule has 0 atom stereocenters. The largest absolute Gasteiger partial charge is 2.00 e. The molecular formula is H11B3NZn. The van der Waals surface area contributed by atoms with Crippen molar-refractivity contribution in [3.63, 3.8) is 0 Å². The molecular weight excluding hydrogens is 112 g/mol. The Morgan fingerprint density at radius 1 is 0.800 bits per heavy atom. The molecule has 0 fully saturated rings. The van der Waals surface area contributed by atoms with E-state index in [-0.39, 0.29) is 50.9 Å². The van der Waals surface area contributed by atoms with Crippen LogP contribution < -0.4 is 6.15 Å². The van der Waals surface area contributed by atoms with Crippen LogP contribution in [0.15, 0.2) is 0 Å². The van der Waals surface area contributed by atoms with E-state index in [1.165, 1.54) is 0 Å². The first-order valence-electron chi connectivity index (χ1n) is 0. The van der Waals surface area contributed by atoms with Crippen LogP contribution in [0.25, 0.3) is 0 Å². The van der Waals surface area contributed by atoms with Crippen molar-refractivity contribution in [3.8, 4) is 0 Å². The molecule has 0 aromatic rings. The maximum Gasteiger partial charge on any atom is 2.00 e. The predicted octanol–water partition coefficient (Wildman–Crippen LogP) is -3.12. The Morgan fingerprint density at radius 3 is 0.800 bits per heavy atom. The third-order valence-electron chi connectivity index (χ3n) is 0. The van der Waals surface area contributed by atoms with Gasteiger partial charge in [-0.15, -0.1) is 0 Å². The fourth-order valence-corrected chi connectivity index (χ4v) is 0. The van der Waals surface area contributed by atoms with Crippen LogP contribution in [-0.2, 0) is 19.5 Å². The molecule has 0 heterocycles. The van der Waals surface area contributed by atoms with Crippen molar-refractivity contribution in [1.29, 1.82) is 0 Å². The standard InChI is InChI=1S/2BH4.B.H3N.Zn/h2*1H4;;1H3;/q2*-1;;;+2. The van der Waals surface area contributed by atoms with Crippen molar-refractivity contribution < 1.29 is 19.5 Å². The van der Waals surface area contributed by atoms with Crippen molar-refractivity contribution in [2.45, 2.75) is 0 Å². The number of rotatable bonds is 0. The van der Waals surface area contributed by atoms with Crippen molar-refractivity contribution in [2.75, 3.05) is 0 Å². The van der Waals surface area contributed by atoms with Crippen LogP contribution in [0.2, 0.25) is 0 Å². The summed E-state index contributed by atoms with van der Waals surface area (Å²) in [5, 5.41) is 0. The third kappa shape index (κ3) is 60.9. The molecule has 0 aromatic carbocycles. The summed E-state index contributed by atoms with van der Waals surface area (Å²) >= 11 is 0. The summed E-state index contributed by atoms with van der Waals surface area (Å²) in [4.78, 5) is 0. The molecule has 0 aliphatic heterocycles. The Bertz CT molecular complexity index is 6.85.